The molecule has 0 saturated carbocycles. The minimum absolute atomic E-state index is 0.164. The molecule has 0 bridgehead atoms. The van der Waals surface area contributed by atoms with Gasteiger partial charge in [0.2, 0.25) is 11.8 Å². The minimum atomic E-state index is -0.435. The molecule has 0 spiro atoms. The molecule has 0 amide bonds. The van der Waals surface area contributed by atoms with E-state index in [0.29, 0.717) is 33.7 Å². The molecule has 0 N–H and O–H groups in total. The predicted molar refractivity (Wildman–Crippen MR) is 106 cm³/mol. The summed E-state index contributed by atoms with van der Waals surface area (Å²) in [4.78, 5) is 14.3. The number of ether oxygens (including phenoxy) is 1. The number of rotatable bonds is 6. The number of nitrogens with zero attached hydrogens (tertiary/aromatic N) is 3. The van der Waals surface area contributed by atoms with Gasteiger partial charge in [0, 0.05) is 4.90 Å². The quantitative estimate of drug-likeness (QED) is 0.359. The molecule has 4 rings (SSSR count). The molecule has 0 unspecified atom stereocenters. The van der Waals surface area contributed by atoms with Crippen LogP contribution in [0.15, 0.2) is 63.0 Å². The molecule has 0 fully saturated rings. The van der Waals surface area contributed by atoms with E-state index in [-0.39, 0.29) is 11.6 Å². The largest absolute Gasteiger partial charge is 0.476 e. The number of fused-ring (bicyclic) bond motifs is 1. The van der Waals surface area contributed by atoms with Crippen molar-refractivity contribution in [3.8, 4) is 17.3 Å². The topological polar surface area (TPSA) is 61.0 Å². The summed E-state index contributed by atoms with van der Waals surface area (Å²) >= 11 is 7.57. The van der Waals surface area contributed by atoms with Crippen molar-refractivity contribution < 1.29 is 13.5 Å². The first-order valence-electron chi connectivity index (χ1n) is 8.63. The van der Waals surface area contributed by atoms with Gasteiger partial charge in [-0.15, -0.1) is 0 Å². The molecule has 8 heteroatoms. The highest BCUT2D eigenvalue weighted by Crippen LogP contribution is 2.34. The summed E-state index contributed by atoms with van der Waals surface area (Å²) in [6.07, 6.45) is 0.813. The van der Waals surface area contributed by atoms with Gasteiger partial charge in [-0.3, -0.25) is 0 Å². The molecule has 0 atom stereocenters. The van der Waals surface area contributed by atoms with Gasteiger partial charge in [0.25, 0.3) is 5.71 Å². The van der Waals surface area contributed by atoms with Crippen molar-refractivity contribution in [3.05, 3.63) is 59.4 Å². The Hall–Kier alpha value is -2.64. The predicted octanol–water partition coefficient (Wildman–Crippen LogP) is 6.02. The molecule has 4 aromatic rings. The van der Waals surface area contributed by atoms with Crippen LogP contribution in [0.5, 0.6) is 5.88 Å². The first kappa shape index (κ1) is 18.7. The minimum Gasteiger partial charge on any atom is -0.476 e. The summed E-state index contributed by atoms with van der Waals surface area (Å²) < 4.78 is 25.2. The Balaban J connectivity index is 1.80. The summed E-state index contributed by atoms with van der Waals surface area (Å²) in [6, 6.07) is 13.7. The maximum atomic E-state index is 13.7. The lowest BCUT2D eigenvalue weighted by Crippen LogP contribution is -2.00. The normalized spacial score (nSPS) is 11.1. The summed E-state index contributed by atoms with van der Waals surface area (Å²) in [7, 11) is 0. The van der Waals surface area contributed by atoms with Crippen molar-refractivity contribution in [2.45, 2.75) is 23.4 Å². The molecular weight excluding hydrogens is 401 g/mol. The van der Waals surface area contributed by atoms with Crippen molar-refractivity contribution in [1.82, 2.24) is 15.0 Å². The number of benzene rings is 2. The van der Waals surface area contributed by atoms with Gasteiger partial charge in [-0.25, -0.2) is 9.37 Å². The smallest absolute Gasteiger partial charge is 0.255 e. The fourth-order valence-electron chi connectivity index (χ4n) is 2.49. The van der Waals surface area contributed by atoms with Crippen molar-refractivity contribution >= 4 is 34.6 Å². The van der Waals surface area contributed by atoms with Gasteiger partial charge < -0.3 is 9.15 Å². The van der Waals surface area contributed by atoms with E-state index in [0.717, 1.165) is 11.3 Å². The van der Waals surface area contributed by atoms with Gasteiger partial charge in [-0.1, -0.05) is 36.7 Å². The van der Waals surface area contributed by atoms with Crippen LogP contribution in [0.2, 0.25) is 5.02 Å². The Morgan fingerprint density at radius 2 is 1.93 bits per heavy atom. The molecule has 2 aromatic heterocycles. The molecule has 2 heterocycles. The molecule has 2 aromatic carbocycles. The average Bonchev–Trinajstić information content (AvgIpc) is 3.13. The molecule has 0 aliphatic rings. The van der Waals surface area contributed by atoms with Crippen molar-refractivity contribution in [2.24, 2.45) is 0 Å². The fourth-order valence-corrected chi connectivity index (χ4v) is 3.45. The number of halogens is 2. The van der Waals surface area contributed by atoms with Crippen LogP contribution >= 0.6 is 23.4 Å². The second-order valence-corrected chi connectivity index (χ2v) is 7.32. The molecule has 0 aliphatic carbocycles. The number of hydrogen-bond donors (Lipinski definition) is 0. The van der Waals surface area contributed by atoms with Gasteiger partial charge in [-0.05, 0) is 48.5 Å². The van der Waals surface area contributed by atoms with Gasteiger partial charge in [0.1, 0.15) is 5.82 Å². The van der Waals surface area contributed by atoms with Crippen LogP contribution in [0.1, 0.15) is 13.3 Å². The zero-order chi connectivity index (χ0) is 19.5. The number of aromatic nitrogens is 3. The fraction of sp³-hybridized carbons (Fsp3) is 0.150. The zero-order valence-corrected chi connectivity index (χ0v) is 16.4. The van der Waals surface area contributed by atoms with Crippen LogP contribution in [-0.2, 0) is 0 Å². The summed E-state index contributed by atoms with van der Waals surface area (Å²) in [5.74, 6) is 0.0559. The highest BCUT2D eigenvalue weighted by atomic mass is 35.5. The standard InChI is InChI=1S/C20H15ClFN3O2S/c1-2-10-26-18-16-19(25-20(24-18)28-13-6-4-3-5-7-13)27-17(23-16)14-11-12(22)8-9-15(14)21/h3-9,11H,2,10H2,1H3. The van der Waals surface area contributed by atoms with E-state index in [1.165, 1.54) is 30.0 Å². The Morgan fingerprint density at radius 3 is 2.71 bits per heavy atom. The Kier molecular flexibility index (Phi) is 5.45. The number of hydrogen-bond acceptors (Lipinski definition) is 6. The van der Waals surface area contributed by atoms with E-state index in [9.17, 15) is 4.39 Å². The SMILES string of the molecule is CCCOc1nc(Sc2ccccc2)nc2oc(-c3cc(F)ccc3Cl)nc12. The lowest BCUT2D eigenvalue weighted by molar-refractivity contribution is 0.305. The second-order valence-electron chi connectivity index (χ2n) is 5.87. The van der Waals surface area contributed by atoms with Crippen LogP contribution < -0.4 is 4.74 Å². The highest BCUT2D eigenvalue weighted by Gasteiger charge is 2.19. The van der Waals surface area contributed by atoms with Crippen LogP contribution in [0.4, 0.5) is 4.39 Å². The van der Waals surface area contributed by atoms with Crippen LogP contribution in [0, 0.1) is 5.82 Å². The van der Waals surface area contributed by atoms with E-state index >= 15 is 0 Å². The van der Waals surface area contributed by atoms with Gasteiger partial charge >= 0.3 is 0 Å². The van der Waals surface area contributed by atoms with E-state index in [2.05, 4.69) is 15.0 Å². The Labute approximate surface area is 169 Å². The maximum absolute atomic E-state index is 13.7. The molecule has 5 nitrogen and oxygen atoms in total. The van der Waals surface area contributed by atoms with Crippen LogP contribution in [0.25, 0.3) is 22.7 Å². The van der Waals surface area contributed by atoms with Crippen molar-refractivity contribution in [3.63, 3.8) is 0 Å². The van der Waals surface area contributed by atoms with Crippen molar-refractivity contribution in [2.75, 3.05) is 6.61 Å². The third kappa shape index (κ3) is 3.95. The molecule has 28 heavy (non-hydrogen) atoms. The van der Waals surface area contributed by atoms with E-state index in [1.807, 2.05) is 37.3 Å². The van der Waals surface area contributed by atoms with E-state index in [1.54, 1.807) is 0 Å². The Morgan fingerprint density at radius 1 is 1.11 bits per heavy atom. The Bertz CT molecular complexity index is 1120. The summed E-state index contributed by atoms with van der Waals surface area (Å²) in [5.41, 5.74) is 0.981. The monoisotopic (exact) mass is 415 g/mol. The molecule has 0 saturated heterocycles. The van der Waals surface area contributed by atoms with Crippen LogP contribution in [-0.4, -0.2) is 21.6 Å². The van der Waals surface area contributed by atoms with Crippen molar-refractivity contribution in [1.29, 1.82) is 0 Å². The lowest BCUT2D eigenvalue weighted by atomic mass is 10.2. The third-order valence-electron chi connectivity index (χ3n) is 3.76. The zero-order valence-electron chi connectivity index (χ0n) is 14.9. The van der Waals surface area contributed by atoms with Gasteiger partial charge in [-0.2, -0.15) is 9.97 Å². The van der Waals surface area contributed by atoms with Gasteiger partial charge in [0.15, 0.2) is 10.7 Å². The van der Waals surface area contributed by atoms with Crippen LogP contribution in [0.3, 0.4) is 0 Å². The average molecular weight is 416 g/mol. The maximum Gasteiger partial charge on any atom is 0.255 e. The molecule has 0 radical (unpaired) electrons. The molecule has 142 valence electrons. The first-order chi connectivity index (χ1) is 13.6. The third-order valence-corrected chi connectivity index (χ3v) is 4.96. The lowest BCUT2D eigenvalue weighted by Gasteiger charge is -2.05. The molecular formula is C20H15ClFN3O2S. The number of oxazole rings is 1. The second kappa shape index (κ2) is 8.16. The highest BCUT2D eigenvalue weighted by molar-refractivity contribution is 7.99. The first-order valence-corrected chi connectivity index (χ1v) is 9.83. The van der Waals surface area contributed by atoms with E-state index < -0.39 is 5.82 Å². The summed E-state index contributed by atoms with van der Waals surface area (Å²) in [6.45, 7) is 2.48. The molecule has 0 aliphatic heterocycles. The van der Waals surface area contributed by atoms with E-state index in [4.69, 9.17) is 20.8 Å². The van der Waals surface area contributed by atoms with Gasteiger partial charge in [0.05, 0.1) is 17.2 Å². The summed E-state index contributed by atoms with van der Waals surface area (Å²) in [5, 5.41) is 0.800.